The molecule has 8 heteroatoms. The molecule has 0 bridgehead atoms. The van der Waals surface area contributed by atoms with Gasteiger partial charge >= 0.3 is 0 Å². The minimum absolute atomic E-state index is 0.0433. The monoisotopic (exact) mass is 427 g/mol. The molecule has 150 valence electrons. The number of hydrogen-bond acceptors (Lipinski definition) is 7. The SMILES string of the molecule is COc1ccc2sc(NC(=O)CSc3nc4cc(C(C)(C)C)ccc4o3)nc2c1. The number of hydrogen-bond donors (Lipinski definition) is 1. The number of aromatic nitrogens is 2. The highest BCUT2D eigenvalue weighted by Gasteiger charge is 2.17. The minimum Gasteiger partial charge on any atom is -0.497 e. The maximum Gasteiger partial charge on any atom is 0.257 e. The second-order valence-electron chi connectivity index (χ2n) is 7.60. The van der Waals surface area contributed by atoms with Crippen LogP contribution in [0.3, 0.4) is 0 Å². The van der Waals surface area contributed by atoms with Crippen LogP contribution in [-0.4, -0.2) is 28.7 Å². The molecular formula is C21H21N3O3S2. The van der Waals surface area contributed by atoms with Gasteiger partial charge in [-0.3, -0.25) is 4.79 Å². The fourth-order valence-electron chi connectivity index (χ4n) is 2.80. The van der Waals surface area contributed by atoms with Crippen LogP contribution >= 0.6 is 23.1 Å². The van der Waals surface area contributed by atoms with Crippen molar-refractivity contribution in [1.82, 2.24) is 9.97 Å². The fraction of sp³-hybridized carbons (Fsp3) is 0.286. The number of anilines is 1. The maximum absolute atomic E-state index is 12.3. The molecule has 0 unspecified atom stereocenters. The number of nitrogens with zero attached hydrogens (tertiary/aromatic N) is 2. The molecule has 2 aromatic carbocycles. The van der Waals surface area contributed by atoms with Crippen molar-refractivity contribution < 1.29 is 13.9 Å². The standard InChI is InChI=1S/C21H21N3O3S2/c1-21(2,3)12-5-7-16-14(9-12)23-20(27-16)28-11-18(25)24-19-22-15-10-13(26-4)6-8-17(15)29-19/h5-10H,11H2,1-4H3,(H,22,24,25). The number of oxazole rings is 1. The lowest BCUT2D eigenvalue weighted by Crippen LogP contribution is -2.13. The predicted octanol–water partition coefficient (Wildman–Crippen LogP) is 5.47. The van der Waals surface area contributed by atoms with Gasteiger partial charge < -0.3 is 14.5 Å². The van der Waals surface area contributed by atoms with Crippen molar-refractivity contribution in [2.45, 2.75) is 31.4 Å². The molecule has 1 amide bonds. The summed E-state index contributed by atoms with van der Waals surface area (Å²) in [5.41, 5.74) is 3.56. The molecule has 0 aliphatic carbocycles. The normalized spacial score (nSPS) is 11.9. The highest BCUT2D eigenvalue weighted by atomic mass is 32.2. The van der Waals surface area contributed by atoms with Crippen molar-refractivity contribution >= 4 is 55.5 Å². The van der Waals surface area contributed by atoms with Crippen molar-refractivity contribution in [3.8, 4) is 5.75 Å². The Hall–Kier alpha value is -2.58. The van der Waals surface area contributed by atoms with Gasteiger partial charge in [-0.2, -0.15) is 0 Å². The number of ether oxygens (including phenoxy) is 1. The highest BCUT2D eigenvalue weighted by Crippen LogP contribution is 2.30. The summed E-state index contributed by atoms with van der Waals surface area (Å²) in [4.78, 5) is 21.3. The Morgan fingerprint density at radius 3 is 2.76 bits per heavy atom. The Morgan fingerprint density at radius 1 is 1.17 bits per heavy atom. The van der Waals surface area contributed by atoms with Gasteiger partial charge in [-0.15, -0.1) is 0 Å². The zero-order chi connectivity index (χ0) is 20.6. The lowest BCUT2D eigenvalue weighted by atomic mass is 9.87. The van der Waals surface area contributed by atoms with Gasteiger partial charge in [0, 0.05) is 6.07 Å². The van der Waals surface area contributed by atoms with Crippen molar-refractivity contribution in [1.29, 1.82) is 0 Å². The highest BCUT2D eigenvalue weighted by molar-refractivity contribution is 7.99. The first-order valence-corrected chi connectivity index (χ1v) is 10.9. The quantitative estimate of drug-likeness (QED) is 0.425. The smallest absolute Gasteiger partial charge is 0.257 e. The molecular weight excluding hydrogens is 406 g/mol. The van der Waals surface area contributed by atoms with E-state index in [0.29, 0.717) is 10.4 Å². The number of amides is 1. The Morgan fingerprint density at radius 2 is 2.00 bits per heavy atom. The van der Waals surface area contributed by atoms with E-state index in [2.05, 4.69) is 42.1 Å². The molecule has 0 saturated carbocycles. The van der Waals surface area contributed by atoms with Crippen molar-refractivity contribution in [3.63, 3.8) is 0 Å². The molecule has 1 N–H and O–H groups in total. The van der Waals surface area contributed by atoms with Crippen LogP contribution < -0.4 is 10.1 Å². The van der Waals surface area contributed by atoms with E-state index >= 15 is 0 Å². The molecule has 0 aliphatic heterocycles. The lowest BCUT2D eigenvalue weighted by molar-refractivity contribution is -0.113. The summed E-state index contributed by atoms with van der Waals surface area (Å²) in [6, 6.07) is 11.7. The summed E-state index contributed by atoms with van der Waals surface area (Å²) >= 11 is 2.69. The number of thioether (sulfide) groups is 1. The van der Waals surface area contributed by atoms with Gasteiger partial charge in [0.15, 0.2) is 10.7 Å². The second kappa shape index (κ2) is 7.68. The van der Waals surface area contributed by atoms with Crippen molar-refractivity contribution in [3.05, 3.63) is 42.0 Å². The van der Waals surface area contributed by atoms with E-state index in [1.54, 1.807) is 7.11 Å². The first-order valence-electron chi connectivity index (χ1n) is 9.10. The molecule has 0 atom stereocenters. The van der Waals surface area contributed by atoms with E-state index < -0.39 is 0 Å². The minimum atomic E-state index is -0.154. The average Bonchev–Trinajstić information content (AvgIpc) is 3.27. The Bertz CT molecular complexity index is 1190. The summed E-state index contributed by atoms with van der Waals surface area (Å²) in [5.74, 6) is 0.776. The Kier molecular flexibility index (Phi) is 5.23. The van der Waals surface area contributed by atoms with E-state index in [-0.39, 0.29) is 17.1 Å². The van der Waals surface area contributed by atoms with Gasteiger partial charge in [-0.05, 0) is 35.2 Å². The number of carbonyl (C=O) groups is 1. The van der Waals surface area contributed by atoms with E-state index in [1.165, 1.54) is 28.7 Å². The summed E-state index contributed by atoms with van der Waals surface area (Å²) < 4.78 is 12.0. The number of fused-ring (bicyclic) bond motifs is 2. The Balaban J connectivity index is 1.41. The second-order valence-corrected chi connectivity index (χ2v) is 9.56. The van der Waals surface area contributed by atoms with Crippen LogP contribution in [0.5, 0.6) is 5.75 Å². The van der Waals surface area contributed by atoms with Crippen molar-refractivity contribution in [2.75, 3.05) is 18.2 Å². The Labute approximate surface area is 176 Å². The van der Waals surface area contributed by atoms with E-state index in [1.807, 2.05) is 30.3 Å². The first kappa shape index (κ1) is 19.7. The number of benzene rings is 2. The van der Waals surface area contributed by atoms with Crippen LogP contribution in [0.1, 0.15) is 26.3 Å². The van der Waals surface area contributed by atoms with Crippen LogP contribution in [-0.2, 0) is 10.2 Å². The van der Waals surface area contributed by atoms with Crippen molar-refractivity contribution in [2.24, 2.45) is 0 Å². The van der Waals surface area contributed by atoms with Crippen LogP contribution in [0.15, 0.2) is 46.0 Å². The number of methoxy groups -OCH3 is 1. The number of carbonyl (C=O) groups excluding carboxylic acids is 1. The van der Waals surface area contributed by atoms with E-state index in [4.69, 9.17) is 9.15 Å². The molecule has 0 saturated heterocycles. The fourth-order valence-corrected chi connectivity index (χ4v) is 4.31. The predicted molar refractivity (Wildman–Crippen MR) is 118 cm³/mol. The summed E-state index contributed by atoms with van der Waals surface area (Å²) in [7, 11) is 1.61. The molecule has 0 fully saturated rings. The molecule has 0 spiro atoms. The third kappa shape index (κ3) is 4.38. The largest absolute Gasteiger partial charge is 0.497 e. The molecule has 6 nitrogen and oxygen atoms in total. The van der Waals surface area contributed by atoms with Gasteiger partial charge in [-0.25, -0.2) is 9.97 Å². The zero-order valence-electron chi connectivity index (χ0n) is 16.6. The lowest BCUT2D eigenvalue weighted by Gasteiger charge is -2.18. The zero-order valence-corrected chi connectivity index (χ0v) is 18.2. The van der Waals surface area contributed by atoms with Crippen LogP contribution in [0.25, 0.3) is 21.3 Å². The van der Waals surface area contributed by atoms with Gasteiger partial charge in [0.2, 0.25) is 5.91 Å². The van der Waals surface area contributed by atoms with Gasteiger partial charge in [-0.1, -0.05) is 49.9 Å². The van der Waals surface area contributed by atoms with Gasteiger partial charge in [0.05, 0.1) is 23.1 Å². The van der Waals surface area contributed by atoms with E-state index in [9.17, 15) is 4.79 Å². The summed E-state index contributed by atoms with van der Waals surface area (Å²) in [6.07, 6.45) is 0. The van der Waals surface area contributed by atoms with Gasteiger partial charge in [0.25, 0.3) is 5.22 Å². The van der Waals surface area contributed by atoms with Crippen LogP contribution in [0.4, 0.5) is 5.13 Å². The molecule has 2 aromatic heterocycles. The third-order valence-electron chi connectivity index (χ3n) is 4.40. The summed E-state index contributed by atoms with van der Waals surface area (Å²) in [5, 5.41) is 3.88. The number of thiazole rings is 1. The average molecular weight is 428 g/mol. The number of nitrogens with one attached hydrogen (secondary N) is 1. The van der Waals surface area contributed by atoms with Gasteiger partial charge in [0.1, 0.15) is 11.3 Å². The van der Waals surface area contributed by atoms with E-state index in [0.717, 1.165) is 27.1 Å². The molecule has 29 heavy (non-hydrogen) atoms. The summed E-state index contributed by atoms with van der Waals surface area (Å²) in [6.45, 7) is 6.48. The van der Waals surface area contributed by atoms with Crippen LogP contribution in [0.2, 0.25) is 0 Å². The van der Waals surface area contributed by atoms with Crippen LogP contribution in [0, 0.1) is 0 Å². The molecule has 4 aromatic rings. The number of rotatable bonds is 5. The first-order chi connectivity index (χ1) is 13.8. The molecule has 2 heterocycles. The molecule has 4 rings (SSSR count). The maximum atomic E-state index is 12.3. The molecule has 0 radical (unpaired) electrons. The molecule has 0 aliphatic rings. The third-order valence-corrected chi connectivity index (χ3v) is 6.18. The topological polar surface area (TPSA) is 77.2 Å².